The Labute approximate surface area is 123 Å². The van der Waals surface area contributed by atoms with Crippen LogP contribution < -0.4 is 5.32 Å². The number of rotatable bonds is 4. The van der Waals surface area contributed by atoms with Crippen molar-refractivity contribution in [2.75, 3.05) is 5.32 Å². The summed E-state index contributed by atoms with van der Waals surface area (Å²) in [5.41, 5.74) is 3.23. The number of nitrogens with zero attached hydrogens (tertiary/aromatic N) is 2. The number of aryl methyl sites for hydroxylation is 2. The Bertz CT molecular complexity index is 726. The van der Waals surface area contributed by atoms with Crippen molar-refractivity contribution in [2.24, 2.45) is 0 Å². The van der Waals surface area contributed by atoms with E-state index in [1.807, 2.05) is 35.0 Å². The van der Waals surface area contributed by atoms with Crippen LogP contribution in [0.15, 0.2) is 54.9 Å². The number of carbonyl (C=O) groups is 1. The quantitative estimate of drug-likeness (QED) is 0.797. The zero-order chi connectivity index (χ0) is 14.7. The Hall–Kier alpha value is -2.62. The Balaban J connectivity index is 1.59. The van der Waals surface area contributed by atoms with E-state index in [4.69, 9.17) is 0 Å². The van der Waals surface area contributed by atoms with Gasteiger partial charge in [-0.2, -0.15) is 0 Å². The molecular weight excluding hydrogens is 262 g/mol. The van der Waals surface area contributed by atoms with E-state index in [0.717, 1.165) is 12.1 Å². The standard InChI is InChI=1S/C17H17N3O/c1-13-5-7-14(8-6-13)9-10-17(21)19-15-12-20-11-3-2-4-16(20)18-15/h2-8,11-12H,9-10H2,1H3,(H,19,21). The molecule has 0 atom stereocenters. The fourth-order valence-electron chi connectivity index (χ4n) is 2.21. The molecule has 3 aromatic rings. The van der Waals surface area contributed by atoms with Gasteiger partial charge in [0.05, 0.1) is 6.20 Å². The summed E-state index contributed by atoms with van der Waals surface area (Å²) in [4.78, 5) is 16.3. The highest BCUT2D eigenvalue weighted by molar-refractivity contribution is 5.90. The Morgan fingerprint density at radius 2 is 2.00 bits per heavy atom. The van der Waals surface area contributed by atoms with Gasteiger partial charge in [0, 0.05) is 12.6 Å². The van der Waals surface area contributed by atoms with Gasteiger partial charge in [0.1, 0.15) is 5.65 Å². The molecule has 0 aliphatic carbocycles. The second kappa shape index (κ2) is 5.79. The lowest BCUT2D eigenvalue weighted by atomic mass is 10.1. The van der Waals surface area contributed by atoms with Gasteiger partial charge in [-0.3, -0.25) is 4.79 Å². The molecular formula is C17H17N3O. The molecule has 0 fully saturated rings. The molecule has 4 nitrogen and oxygen atoms in total. The van der Waals surface area contributed by atoms with Crippen LogP contribution in [0.5, 0.6) is 0 Å². The van der Waals surface area contributed by atoms with E-state index in [2.05, 4.69) is 41.5 Å². The molecule has 0 saturated carbocycles. The fourth-order valence-corrected chi connectivity index (χ4v) is 2.21. The van der Waals surface area contributed by atoms with E-state index in [0.29, 0.717) is 12.2 Å². The predicted octanol–water partition coefficient (Wildman–Crippen LogP) is 3.21. The molecule has 0 radical (unpaired) electrons. The molecule has 0 aliphatic heterocycles. The van der Waals surface area contributed by atoms with Crippen LogP contribution in [0.2, 0.25) is 0 Å². The van der Waals surface area contributed by atoms with Crippen molar-refractivity contribution in [1.82, 2.24) is 9.38 Å². The Morgan fingerprint density at radius 3 is 2.76 bits per heavy atom. The molecule has 2 heterocycles. The molecule has 1 amide bonds. The highest BCUT2D eigenvalue weighted by atomic mass is 16.1. The molecule has 1 N–H and O–H groups in total. The highest BCUT2D eigenvalue weighted by Crippen LogP contribution is 2.10. The number of hydrogen-bond acceptors (Lipinski definition) is 2. The van der Waals surface area contributed by atoms with Gasteiger partial charge >= 0.3 is 0 Å². The summed E-state index contributed by atoms with van der Waals surface area (Å²) >= 11 is 0. The summed E-state index contributed by atoms with van der Waals surface area (Å²) in [6, 6.07) is 14.0. The third kappa shape index (κ3) is 3.28. The normalized spacial score (nSPS) is 10.7. The van der Waals surface area contributed by atoms with E-state index in [1.54, 1.807) is 0 Å². The van der Waals surface area contributed by atoms with Gasteiger partial charge in [-0.05, 0) is 31.0 Å². The van der Waals surface area contributed by atoms with Crippen molar-refractivity contribution in [3.8, 4) is 0 Å². The van der Waals surface area contributed by atoms with E-state index in [9.17, 15) is 4.79 Å². The Morgan fingerprint density at radius 1 is 1.19 bits per heavy atom. The molecule has 0 bridgehead atoms. The molecule has 0 spiro atoms. The molecule has 106 valence electrons. The first-order chi connectivity index (χ1) is 10.2. The van der Waals surface area contributed by atoms with Crippen LogP contribution in [0, 0.1) is 6.92 Å². The van der Waals surface area contributed by atoms with Crippen LogP contribution in [0.4, 0.5) is 5.82 Å². The third-order valence-corrected chi connectivity index (χ3v) is 3.39. The summed E-state index contributed by atoms with van der Waals surface area (Å²) in [7, 11) is 0. The maximum absolute atomic E-state index is 12.0. The van der Waals surface area contributed by atoms with E-state index in [-0.39, 0.29) is 5.91 Å². The molecule has 0 aliphatic rings. The molecule has 21 heavy (non-hydrogen) atoms. The lowest BCUT2D eigenvalue weighted by Gasteiger charge is -2.03. The fraction of sp³-hybridized carbons (Fsp3) is 0.176. The monoisotopic (exact) mass is 279 g/mol. The van der Waals surface area contributed by atoms with Crippen molar-refractivity contribution in [3.05, 3.63) is 66.0 Å². The number of benzene rings is 1. The van der Waals surface area contributed by atoms with E-state index >= 15 is 0 Å². The zero-order valence-electron chi connectivity index (χ0n) is 11.9. The van der Waals surface area contributed by atoms with Gasteiger partial charge in [-0.25, -0.2) is 4.98 Å². The zero-order valence-corrected chi connectivity index (χ0v) is 11.9. The van der Waals surface area contributed by atoms with Gasteiger partial charge in [-0.15, -0.1) is 0 Å². The number of aromatic nitrogens is 2. The molecule has 2 aromatic heterocycles. The van der Waals surface area contributed by atoms with Crippen molar-refractivity contribution in [1.29, 1.82) is 0 Å². The highest BCUT2D eigenvalue weighted by Gasteiger charge is 2.06. The lowest BCUT2D eigenvalue weighted by Crippen LogP contribution is -2.12. The molecule has 0 unspecified atom stereocenters. The maximum Gasteiger partial charge on any atom is 0.225 e. The van der Waals surface area contributed by atoms with Crippen LogP contribution >= 0.6 is 0 Å². The molecule has 1 aromatic carbocycles. The lowest BCUT2D eigenvalue weighted by molar-refractivity contribution is -0.116. The average Bonchev–Trinajstić information content (AvgIpc) is 2.88. The number of anilines is 1. The first kappa shape index (κ1) is 13.4. The van der Waals surface area contributed by atoms with Crippen LogP contribution in [0.3, 0.4) is 0 Å². The molecule has 4 heteroatoms. The van der Waals surface area contributed by atoms with Gasteiger partial charge in [0.15, 0.2) is 5.82 Å². The molecule has 3 rings (SSSR count). The SMILES string of the molecule is Cc1ccc(CCC(=O)Nc2cn3ccccc3n2)cc1. The summed E-state index contributed by atoms with van der Waals surface area (Å²) in [6.07, 6.45) is 4.92. The number of amides is 1. The summed E-state index contributed by atoms with van der Waals surface area (Å²) in [5, 5.41) is 2.84. The summed E-state index contributed by atoms with van der Waals surface area (Å²) < 4.78 is 1.88. The minimum absolute atomic E-state index is 0.0148. The number of hydrogen-bond donors (Lipinski definition) is 1. The van der Waals surface area contributed by atoms with Crippen LogP contribution in [-0.2, 0) is 11.2 Å². The molecule has 0 saturated heterocycles. The topological polar surface area (TPSA) is 46.4 Å². The van der Waals surface area contributed by atoms with Crippen molar-refractivity contribution in [3.63, 3.8) is 0 Å². The van der Waals surface area contributed by atoms with Crippen molar-refractivity contribution >= 4 is 17.4 Å². The second-order valence-corrected chi connectivity index (χ2v) is 5.13. The van der Waals surface area contributed by atoms with Crippen molar-refractivity contribution in [2.45, 2.75) is 19.8 Å². The minimum atomic E-state index is -0.0148. The number of carbonyl (C=O) groups excluding carboxylic acids is 1. The Kier molecular flexibility index (Phi) is 3.69. The third-order valence-electron chi connectivity index (χ3n) is 3.39. The number of fused-ring (bicyclic) bond motifs is 1. The first-order valence-corrected chi connectivity index (χ1v) is 7.00. The van der Waals surface area contributed by atoms with Gasteiger partial charge in [0.2, 0.25) is 5.91 Å². The predicted molar refractivity (Wildman–Crippen MR) is 83.3 cm³/mol. The largest absolute Gasteiger partial charge is 0.309 e. The van der Waals surface area contributed by atoms with E-state index in [1.165, 1.54) is 11.1 Å². The second-order valence-electron chi connectivity index (χ2n) is 5.13. The van der Waals surface area contributed by atoms with Crippen LogP contribution in [0.1, 0.15) is 17.5 Å². The number of imidazole rings is 1. The van der Waals surface area contributed by atoms with Crippen molar-refractivity contribution < 1.29 is 4.79 Å². The van der Waals surface area contributed by atoms with E-state index < -0.39 is 0 Å². The number of nitrogens with one attached hydrogen (secondary N) is 1. The summed E-state index contributed by atoms with van der Waals surface area (Å²) in [5.74, 6) is 0.578. The van der Waals surface area contributed by atoms with Crippen LogP contribution in [0.25, 0.3) is 5.65 Å². The smallest absolute Gasteiger partial charge is 0.225 e. The summed E-state index contributed by atoms with van der Waals surface area (Å²) in [6.45, 7) is 2.06. The average molecular weight is 279 g/mol. The van der Waals surface area contributed by atoms with Gasteiger partial charge < -0.3 is 9.72 Å². The van der Waals surface area contributed by atoms with Gasteiger partial charge in [0.25, 0.3) is 0 Å². The minimum Gasteiger partial charge on any atom is -0.309 e. The number of pyridine rings is 1. The van der Waals surface area contributed by atoms with Crippen LogP contribution in [-0.4, -0.2) is 15.3 Å². The van der Waals surface area contributed by atoms with Gasteiger partial charge in [-0.1, -0.05) is 35.9 Å². The first-order valence-electron chi connectivity index (χ1n) is 7.00. The maximum atomic E-state index is 12.0.